The Morgan fingerprint density at radius 3 is 2.09 bits per heavy atom. The van der Waals surface area contributed by atoms with Crippen molar-refractivity contribution < 1.29 is 19.2 Å². The Kier molecular flexibility index (Phi) is 5.75. The third kappa shape index (κ3) is 4.56. The van der Waals surface area contributed by atoms with Crippen molar-refractivity contribution in [3.8, 4) is 5.75 Å². The molecule has 2 rings (SSSR count). The number of carbonyl (C=O) groups is 2. The number of hydrogen-bond acceptors (Lipinski definition) is 5. The molecule has 1 aromatic carbocycles. The van der Waals surface area contributed by atoms with Crippen molar-refractivity contribution in [2.75, 3.05) is 38.7 Å². The smallest absolute Gasteiger partial charge is 0.269 e. The number of halogens is 1. The van der Waals surface area contributed by atoms with E-state index in [0.717, 1.165) is 0 Å². The van der Waals surface area contributed by atoms with Gasteiger partial charge in [0.15, 0.2) is 6.61 Å². The zero-order valence-electron chi connectivity index (χ0n) is 12.3. The lowest BCUT2D eigenvalue weighted by atomic mass is 10.3. The summed E-state index contributed by atoms with van der Waals surface area (Å²) in [5.74, 6) is -0.000809. The Bertz CT molecular complexity index is 585. The third-order valence-corrected chi connectivity index (χ3v) is 3.74. The second kappa shape index (κ2) is 7.77. The molecule has 0 unspecified atom stereocenters. The van der Waals surface area contributed by atoms with Gasteiger partial charge in [0.1, 0.15) is 11.6 Å². The Labute approximate surface area is 137 Å². The molecule has 1 aliphatic heterocycles. The molecule has 0 aromatic heterocycles. The summed E-state index contributed by atoms with van der Waals surface area (Å²) in [5, 5.41) is 10.5. The fourth-order valence-corrected chi connectivity index (χ4v) is 2.36. The van der Waals surface area contributed by atoms with Crippen LogP contribution in [0.1, 0.15) is 0 Å². The standard InChI is InChI=1S/C14H16ClN3O5/c15-9-13(19)16-5-7-17(8-6-16)14(20)10-23-12-3-1-11(2-4-12)18(21)22/h1-4H,5-10H2. The predicted molar refractivity (Wildman–Crippen MR) is 82.5 cm³/mol. The molecule has 0 aliphatic carbocycles. The van der Waals surface area contributed by atoms with Crippen LogP contribution in [0.5, 0.6) is 5.75 Å². The average molecular weight is 342 g/mol. The minimum absolute atomic E-state index is 0.0382. The molecule has 1 fully saturated rings. The van der Waals surface area contributed by atoms with Crippen molar-refractivity contribution in [1.82, 2.24) is 9.80 Å². The van der Waals surface area contributed by atoms with Crippen LogP contribution in [-0.2, 0) is 9.59 Å². The predicted octanol–water partition coefficient (Wildman–Crippen LogP) is 0.883. The maximum absolute atomic E-state index is 12.1. The third-order valence-electron chi connectivity index (χ3n) is 3.51. The first kappa shape index (κ1) is 17.0. The molecule has 0 atom stereocenters. The molecule has 9 heteroatoms. The van der Waals surface area contributed by atoms with Gasteiger partial charge < -0.3 is 14.5 Å². The molecule has 0 spiro atoms. The minimum Gasteiger partial charge on any atom is -0.484 e. The van der Waals surface area contributed by atoms with Gasteiger partial charge in [0, 0.05) is 38.3 Å². The molecular weight excluding hydrogens is 326 g/mol. The summed E-state index contributed by atoms with van der Waals surface area (Å²) < 4.78 is 5.34. The van der Waals surface area contributed by atoms with Crippen LogP contribution in [0, 0.1) is 10.1 Å². The van der Waals surface area contributed by atoms with Gasteiger partial charge in [-0.2, -0.15) is 0 Å². The van der Waals surface area contributed by atoms with Crippen molar-refractivity contribution in [2.45, 2.75) is 0 Å². The van der Waals surface area contributed by atoms with E-state index >= 15 is 0 Å². The SMILES string of the molecule is O=C(CCl)N1CCN(C(=O)COc2ccc([N+](=O)[O-])cc2)CC1. The Balaban J connectivity index is 1.79. The number of non-ortho nitro benzene ring substituents is 1. The van der Waals surface area contributed by atoms with E-state index in [1.54, 1.807) is 9.80 Å². The first-order valence-corrected chi connectivity index (χ1v) is 7.53. The molecule has 0 radical (unpaired) electrons. The van der Waals surface area contributed by atoms with Crippen molar-refractivity contribution in [3.05, 3.63) is 34.4 Å². The number of rotatable bonds is 5. The van der Waals surface area contributed by atoms with E-state index in [4.69, 9.17) is 16.3 Å². The highest BCUT2D eigenvalue weighted by Crippen LogP contribution is 2.17. The highest BCUT2D eigenvalue weighted by molar-refractivity contribution is 6.27. The molecule has 1 aliphatic rings. The number of carbonyl (C=O) groups excluding carboxylic acids is 2. The molecule has 1 saturated heterocycles. The molecule has 2 amide bonds. The normalized spacial score (nSPS) is 14.5. The number of nitrogens with zero attached hydrogens (tertiary/aromatic N) is 3. The largest absolute Gasteiger partial charge is 0.484 e. The van der Waals surface area contributed by atoms with Crippen LogP contribution in [0.15, 0.2) is 24.3 Å². The Morgan fingerprint density at radius 1 is 1.09 bits per heavy atom. The van der Waals surface area contributed by atoms with Crippen LogP contribution in [0.4, 0.5) is 5.69 Å². The molecule has 124 valence electrons. The van der Waals surface area contributed by atoms with Gasteiger partial charge in [0.2, 0.25) is 5.91 Å². The van der Waals surface area contributed by atoms with E-state index in [1.165, 1.54) is 24.3 Å². The lowest BCUT2D eigenvalue weighted by Crippen LogP contribution is -2.51. The lowest BCUT2D eigenvalue weighted by Gasteiger charge is -2.34. The lowest BCUT2D eigenvalue weighted by molar-refractivity contribution is -0.384. The van der Waals surface area contributed by atoms with E-state index in [-0.39, 0.29) is 30.0 Å². The van der Waals surface area contributed by atoms with Crippen molar-refractivity contribution >= 4 is 29.1 Å². The van der Waals surface area contributed by atoms with Gasteiger partial charge >= 0.3 is 0 Å². The molecule has 23 heavy (non-hydrogen) atoms. The van der Waals surface area contributed by atoms with E-state index < -0.39 is 4.92 Å². The highest BCUT2D eigenvalue weighted by Gasteiger charge is 2.23. The second-order valence-electron chi connectivity index (χ2n) is 4.93. The summed E-state index contributed by atoms with van der Waals surface area (Å²) in [5.41, 5.74) is -0.0382. The zero-order valence-corrected chi connectivity index (χ0v) is 13.1. The zero-order chi connectivity index (χ0) is 16.8. The maximum atomic E-state index is 12.1. The van der Waals surface area contributed by atoms with Crippen molar-refractivity contribution in [1.29, 1.82) is 0 Å². The maximum Gasteiger partial charge on any atom is 0.269 e. The number of amides is 2. The van der Waals surface area contributed by atoms with Crippen LogP contribution in [0.25, 0.3) is 0 Å². The average Bonchev–Trinajstić information content (AvgIpc) is 2.59. The fraction of sp³-hybridized carbons (Fsp3) is 0.429. The number of ether oxygens (including phenoxy) is 1. The highest BCUT2D eigenvalue weighted by atomic mass is 35.5. The van der Waals surface area contributed by atoms with Crippen LogP contribution in [0.3, 0.4) is 0 Å². The summed E-state index contributed by atoms with van der Waals surface area (Å²) >= 11 is 5.50. The topological polar surface area (TPSA) is 93.0 Å². The molecule has 8 nitrogen and oxygen atoms in total. The Morgan fingerprint density at radius 2 is 1.61 bits per heavy atom. The fourth-order valence-electron chi connectivity index (χ4n) is 2.19. The summed E-state index contributed by atoms with van der Waals surface area (Å²) in [6, 6.07) is 5.53. The number of nitro groups is 1. The van der Waals surface area contributed by atoms with Gasteiger partial charge in [0.05, 0.1) is 4.92 Å². The van der Waals surface area contributed by atoms with E-state index in [2.05, 4.69) is 0 Å². The van der Waals surface area contributed by atoms with Gasteiger partial charge in [-0.05, 0) is 12.1 Å². The Hall–Kier alpha value is -2.35. The molecule has 0 bridgehead atoms. The molecule has 1 aromatic rings. The monoisotopic (exact) mass is 341 g/mol. The van der Waals surface area contributed by atoms with Gasteiger partial charge in [-0.15, -0.1) is 11.6 Å². The van der Waals surface area contributed by atoms with Gasteiger partial charge in [-0.1, -0.05) is 0 Å². The van der Waals surface area contributed by atoms with Crippen molar-refractivity contribution in [3.63, 3.8) is 0 Å². The molecular formula is C14H16ClN3O5. The van der Waals surface area contributed by atoms with Crippen LogP contribution >= 0.6 is 11.6 Å². The number of alkyl halides is 1. The van der Waals surface area contributed by atoms with Gasteiger partial charge in [-0.3, -0.25) is 19.7 Å². The quantitative estimate of drug-likeness (QED) is 0.450. The minimum atomic E-state index is -0.503. The van der Waals surface area contributed by atoms with Crippen molar-refractivity contribution in [2.24, 2.45) is 0 Å². The number of piperazine rings is 1. The summed E-state index contributed by atoms with van der Waals surface area (Å²) in [6.45, 7) is 1.63. The number of hydrogen-bond donors (Lipinski definition) is 0. The summed E-state index contributed by atoms with van der Waals surface area (Å²) in [7, 11) is 0. The van der Waals surface area contributed by atoms with E-state index in [1.807, 2.05) is 0 Å². The number of benzene rings is 1. The summed E-state index contributed by atoms with van der Waals surface area (Å²) in [4.78, 5) is 36.8. The molecule has 0 N–H and O–H groups in total. The van der Waals surface area contributed by atoms with Gasteiger partial charge in [-0.25, -0.2) is 0 Å². The second-order valence-corrected chi connectivity index (χ2v) is 5.20. The van der Waals surface area contributed by atoms with Crippen LogP contribution in [0.2, 0.25) is 0 Å². The first-order chi connectivity index (χ1) is 11.0. The first-order valence-electron chi connectivity index (χ1n) is 7.00. The van der Waals surface area contributed by atoms with Gasteiger partial charge in [0.25, 0.3) is 11.6 Å². The number of nitro benzene ring substituents is 1. The van der Waals surface area contributed by atoms with Crippen LogP contribution in [-0.4, -0.2) is 65.2 Å². The molecule has 1 heterocycles. The van der Waals surface area contributed by atoms with Crippen LogP contribution < -0.4 is 4.74 Å². The molecule has 0 saturated carbocycles. The van der Waals surface area contributed by atoms with E-state index in [9.17, 15) is 19.7 Å². The summed E-state index contributed by atoms with van der Waals surface area (Å²) in [6.07, 6.45) is 0. The van der Waals surface area contributed by atoms with E-state index in [0.29, 0.717) is 31.9 Å².